The van der Waals surface area contributed by atoms with Crippen LogP contribution in [0.1, 0.15) is 39.5 Å². The summed E-state index contributed by atoms with van der Waals surface area (Å²) in [5.74, 6) is -1.69. The van der Waals surface area contributed by atoms with Crippen molar-refractivity contribution in [1.29, 1.82) is 0 Å². The molecule has 0 aliphatic carbocycles. The first kappa shape index (κ1) is 13.9. The van der Waals surface area contributed by atoms with E-state index in [4.69, 9.17) is 9.52 Å². The Bertz CT molecular complexity index is 603. The number of furan rings is 1. The first-order valence-corrected chi connectivity index (χ1v) is 6.24. The fourth-order valence-corrected chi connectivity index (χ4v) is 1.81. The highest BCUT2D eigenvalue weighted by atomic mass is 16.4. The standard InChI is InChI=1S/C15H15NO4/c1-10(11-5-3-2-4-6-11)9-16-14(17)12-7-8-13(20-12)15(18)19/h2-8,10H,9H2,1H3,(H,16,17)(H,18,19). The normalized spacial score (nSPS) is 11.8. The quantitative estimate of drug-likeness (QED) is 0.877. The van der Waals surface area contributed by atoms with Crippen molar-refractivity contribution in [3.05, 3.63) is 59.5 Å². The molecule has 0 saturated heterocycles. The fourth-order valence-electron chi connectivity index (χ4n) is 1.81. The molecule has 0 bridgehead atoms. The van der Waals surface area contributed by atoms with Crippen LogP contribution in [0.4, 0.5) is 0 Å². The highest BCUT2D eigenvalue weighted by Gasteiger charge is 2.15. The van der Waals surface area contributed by atoms with Gasteiger partial charge in [0.25, 0.3) is 5.91 Å². The molecule has 1 unspecified atom stereocenters. The summed E-state index contributed by atoms with van der Waals surface area (Å²) >= 11 is 0. The minimum atomic E-state index is -1.19. The number of rotatable bonds is 5. The van der Waals surface area contributed by atoms with Gasteiger partial charge in [-0.15, -0.1) is 0 Å². The van der Waals surface area contributed by atoms with Gasteiger partial charge in [-0.25, -0.2) is 4.79 Å². The maximum Gasteiger partial charge on any atom is 0.371 e. The number of nitrogens with one attached hydrogen (secondary N) is 1. The summed E-state index contributed by atoms with van der Waals surface area (Å²) < 4.78 is 4.93. The molecule has 104 valence electrons. The van der Waals surface area contributed by atoms with Crippen molar-refractivity contribution in [2.45, 2.75) is 12.8 Å². The molecule has 0 fully saturated rings. The summed E-state index contributed by atoms with van der Waals surface area (Å²) in [4.78, 5) is 22.5. The Kier molecular flexibility index (Phi) is 4.20. The average Bonchev–Trinajstić information content (AvgIpc) is 2.95. The van der Waals surface area contributed by atoms with E-state index in [9.17, 15) is 9.59 Å². The van der Waals surface area contributed by atoms with Gasteiger partial charge in [-0.3, -0.25) is 4.79 Å². The number of hydrogen-bond acceptors (Lipinski definition) is 3. The number of amides is 1. The molecule has 1 aromatic carbocycles. The highest BCUT2D eigenvalue weighted by Crippen LogP contribution is 2.14. The van der Waals surface area contributed by atoms with Crippen LogP contribution in [0, 0.1) is 0 Å². The van der Waals surface area contributed by atoms with Gasteiger partial charge in [0.05, 0.1) is 0 Å². The number of carboxylic acid groups (broad SMARTS) is 1. The van der Waals surface area contributed by atoms with Crippen molar-refractivity contribution in [3.8, 4) is 0 Å². The van der Waals surface area contributed by atoms with E-state index in [1.165, 1.54) is 12.1 Å². The van der Waals surface area contributed by atoms with Crippen LogP contribution >= 0.6 is 0 Å². The van der Waals surface area contributed by atoms with Crippen molar-refractivity contribution >= 4 is 11.9 Å². The highest BCUT2D eigenvalue weighted by molar-refractivity contribution is 5.93. The first-order chi connectivity index (χ1) is 9.58. The second-order valence-corrected chi connectivity index (χ2v) is 4.49. The van der Waals surface area contributed by atoms with Gasteiger partial charge in [-0.2, -0.15) is 0 Å². The monoisotopic (exact) mass is 273 g/mol. The second kappa shape index (κ2) is 6.06. The van der Waals surface area contributed by atoms with Gasteiger partial charge >= 0.3 is 5.97 Å². The van der Waals surface area contributed by atoms with Crippen LogP contribution in [-0.2, 0) is 0 Å². The fraction of sp³-hybridized carbons (Fsp3) is 0.200. The van der Waals surface area contributed by atoms with E-state index in [0.717, 1.165) is 5.56 Å². The Balaban J connectivity index is 1.93. The van der Waals surface area contributed by atoms with Crippen LogP contribution in [0.2, 0.25) is 0 Å². The van der Waals surface area contributed by atoms with Gasteiger partial charge in [0.1, 0.15) is 0 Å². The van der Waals surface area contributed by atoms with Crippen molar-refractivity contribution in [2.24, 2.45) is 0 Å². The minimum Gasteiger partial charge on any atom is -0.475 e. The zero-order chi connectivity index (χ0) is 14.5. The average molecular weight is 273 g/mol. The lowest BCUT2D eigenvalue weighted by Gasteiger charge is -2.12. The first-order valence-electron chi connectivity index (χ1n) is 6.24. The van der Waals surface area contributed by atoms with E-state index in [-0.39, 0.29) is 17.4 Å². The van der Waals surface area contributed by atoms with Gasteiger partial charge in [-0.1, -0.05) is 37.3 Å². The second-order valence-electron chi connectivity index (χ2n) is 4.49. The molecular formula is C15H15NO4. The van der Waals surface area contributed by atoms with Crippen LogP contribution in [-0.4, -0.2) is 23.5 Å². The lowest BCUT2D eigenvalue weighted by atomic mass is 10.0. The van der Waals surface area contributed by atoms with Crippen molar-refractivity contribution < 1.29 is 19.1 Å². The lowest BCUT2D eigenvalue weighted by molar-refractivity contribution is 0.0659. The van der Waals surface area contributed by atoms with Crippen molar-refractivity contribution in [3.63, 3.8) is 0 Å². The predicted octanol–water partition coefficient (Wildman–Crippen LogP) is 2.51. The zero-order valence-corrected chi connectivity index (χ0v) is 11.0. The number of benzene rings is 1. The SMILES string of the molecule is CC(CNC(=O)c1ccc(C(=O)O)o1)c1ccccc1. The molecule has 0 radical (unpaired) electrons. The molecule has 0 aliphatic heterocycles. The van der Waals surface area contributed by atoms with Crippen LogP contribution in [0.5, 0.6) is 0 Å². The van der Waals surface area contributed by atoms with E-state index in [1.807, 2.05) is 37.3 Å². The maximum atomic E-state index is 11.8. The van der Waals surface area contributed by atoms with E-state index in [0.29, 0.717) is 6.54 Å². The van der Waals surface area contributed by atoms with Gasteiger partial charge in [0.15, 0.2) is 5.76 Å². The minimum absolute atomic E-state index is 0.00246. The Morgan fingerprint density at radius 1 is 1.15 bits per heavy atom. The Hall–Kier alpha value is -2.56. The molecule has 1 aromatic heterocycles. The molecule has 2 aromatic rings. The summed E-state index contributed by atoms with van der Waals surface area (Å²) in [7, 11) is 0. The molecule has 5 nitrogen and oxygen atoms in total. The lowest BCUT2D eigenvalue weighted by Crippen LogP contribution is -2.27. The summed E-state index contributed by atoms with van der Waals surface area (Å²) in [6, 6.07) is 12.4. The third-order valence-corrected chi connectivity index (χ3v) is 2.98. The molecule has 2 rings (SSSR count). The number of carboxylic acids is 1. The van der Waals surface area contributed by atoms with Gasteiger partial charge in [0, 0.05) is 6.54 Å². The molecule has 1 atom stereocenters. The molecule has 1 heterocycles. The van der Waals surface area contributed by atoms with Gasteiger partial charge in [-0.05, 0) is 23.6 Å². The van der Waals surface area contributed by atoms with Crippen molar-refractivity contribution in [2.75, 3.05) is 6.54 Å². The van der Waals surface area contributed by atoms with E-state index in [2.05, 4.69) is 5.32 Å². The maximum absolute atomic E-state index is 11.8. The predicted molar refractivity (Wildman–Crippen MR) is 72.9 cm³/mol. The smallest absolute Gasteiger partial charge is 0.371 e. The molecule has 0 spiro atoms. The van der Waals surface area contributed by atoms with E-state index in [1.54, 1.807) is 0 Å². The largest absolute Gasteiger partial charge is 0.475 e. The zero-order valence-electron chi connectivity index (χ0n) is 11.0. The van der Waals surface area contributed by atoms with Gasteiger partial charge in [0.2, 0.25) is 5.76 Å². The summed E-state index contributed by atoms with van der Waals surface area (Å²) in [5, 5.41) is 11.4. The number of aromatic carboxylic acids is 1. The molecular weight excluding hydrogens is 258 g/mol. The Morgan fingerprint density at radius 3 is 2.40 bits per heavy atom. The number of carbonyl (C=O) groups excluding carboxylic acids is 1. The van der Waals surface area contributed by atoms with Crippen LogP contribution in [0.15, 0.2) is 46.9 Å². The molecule has 1 amide bonds. The molecule has 2 N–H and O–H groups in total. The Labute approximate surface area is 116 Å². The topological polar surface area (TPSA) is 79.5 Å². The third kappa shape index (κ3) is 3.26. The number of hydrogen-bond donors (Lipinski definition) is 2. The molecule has 0 aliphatic rings. The molecule has 5 heteroatoms. The van der Waals surface area contributed by atoms with Crippen LogP contribution in [0.25, 0.3) is 0 Å². The molecule has 0 saturated carbocycles. The molecule has 20 heavy (non-hydrogen) atoms. The summed E-state index contributed by atoms with van der Waals surface area (Å²) in [6.07, 6.45) is 0. The third-order valence-electron chi connectivity index (χ3n) is 2.98. The number of carbonyl (C=O) groups is 2. The van der Waals surface area contributed by atoms with Crippen LogP contribution < -0.4 is 5.32 Å². The summed E-state index contributed by atoms with van der Waals surface area (Å²) in [6.45, 7) is 2.45. The van der Waals surface area contributed by atoms with E-state index < -0.39 is 11.9 Å². The van der Waals surface area contributed by atoms with Crippen molar-refractivity contribution in [1.82, 2.24) is 5.32 Å². The Morgan fingerprint density at radius 2 is 1.80 bits per heavy atom. The van der Waals surface area contributed by atoms with Crippen LogP contribution in [0.3, 0.4) is 0 Å². The summed E-state index contributed by atoms with van der Waals surface area (Å²) in [5.41, 5.74) is 1.12. The van der Waals surface area contributed by atoms with E-state index >= 15 is 0 Å². The van der Waals surface area contributed by atoms with Gasteiger partial charge < -0.3 is 14.8 Å².